The molecular formula is C18H23P. The monoisotopic (exact) mass is 270 g/mol. The number of allylic oxidation sites excluding steroid dienone is 4. The Morgan fingerprint density at radius 3 is 2.53 bits per heavy atom. The molecule has 0 saturated carbocycles. The molecule has 1 atom stereocenters. The standard InChI is InChI=1S/C18H23P/c1-16-12-14-19(15-13-16,17-8-4-2-5-9-17)18-10-6-3-7-11-18/h2,4-6,8-10,12H,3,7,11,13-15H2,1H3. The van der Waals surface area contributed by atoms with Gasteiger partial charge < -0.3 is 0 Å². The third kappa shape index (κ3) is 2.51. The summed E-state index contributed by atoms with van der Waals surface area (Å²) in [5.74, 6) is 0. The molecule has 1 aromatic carbocycles. The Morgan fingerprint density at radius 2 is 1.89 bits per heavy atom. The lowest BCUT2D eigenvalue weighted by Crippen LogP contribution is -2.20. The Kier molecular flexibility index (Phi) is 3.80. The minimum Gasteiger partial charge on any atom is -0.0842 e. The largest absolute Gasteiger partial charge is 0.0842 e. The Bertz CT molecular complexity index is 561. The van der Waals surface area contributed by atoms with Crippen LogP contribution in [0, 0.1) is 0 Å². The quantitative estimate of drug-likeness (QED) is 0.517. The third-order valence-electron chi connectivity index (χ3n) is 4.55. The summed E-state index contributed by atoms with van der Waals surface area (Å²) in [5.41, 5.74) is 1.59. The first-order valence-corrected chi connectivity index (χ1v) is 9.58. The maximum atomic E-state index is 2.51. The highest BCUT2D eigenvalue weighted by molar-refractivity contribution is 7.83. The zero-order chi connectivity index (χ0) is 13.1. The Labute approximate surface area is 117 Å². The molecule has 1 aliphatic heterocycles. The van der Waals surface area contributed by atoms with Crippen LogP contribution >= 0.6 is 6.89 Å². The molecule has 0 fully saturated rings. The van der Waals surface area contributed by atoms with Crippen molar-refractivity contribution in [3.8, 4) is 0 Å². The van der Waals surface area contributed by atoms with E-state index in [0.717, 1.165) is 0 Å². The predicted octanol–water partition coefficient (Wildman–Crippen LogP) is 4.59. The summed E-state index contributed by atoms with van der Waals surface area (Å²) in [7, 11) is 0. The van der Waals surface area contributed by atoms with Crippen LogP contribution in [0.5, 0.6) is 0 Å². The van der Waals surface area contributed by atoms with Gasteiger partial charge in [-0.15, -0.1) is 0 Å². The molecule has 1 aromatic rings. The molecule has 19 heavy (non-hydrogen) atoms. The van der Waals surface area contributed by atoms with Gasteiger partial charge in [-0.3, -0.25) is 0 Å². The van der Waals surface area contributed by atoms with Crippen LogP contribution in [0.4, 0.5) is 0 Å². The average Bonchev–Trinajstić information content (AvgIpc) is 2.50. The maximum absolute atomic E-state index is 2.51. The van der Waals surface area contributed by atoms with Gasteiger partial charge in [0.1, 0.15) is 0 Å². The molecule has 0 nitrogen and oxygen atoms in total. The highest BCUT2D eigenvalue weighted by atomic mass is 31.2. The van der Waals surface area contributed by atoms with E-state index in [1.165, 1.54) is 38.0 Å². The SMILES string of the molecule is CC1=CCP(=C2C=CCCC2)(c2ccccc2)CC1. The first-order chi connectivity index (χ1) is 9.31. The van der Waals surface area contributed by atoms with Crippen molar-refractivity contribution >= 4 is 17.5 Å². The van der Waals surface area contributed by atoms with Crippen LogP contribution in [0.15, 0.2) is 54.1 Å². The molecule has 0 spiro atoms. The van der Waals surface area contributed by atoms with Gasteiger partial charge in [-0.1, -0.05) is 61.0 Å². The van der Waals surface area contributed by atoms with Gasteiger partial charge in [-0.25, -0.2) is 0 Å². The van der Waals surface area contributed by atoms with E-state index in [1.54, 1.807) is 16.2 Å². The Balaban J connectivity index is 2.17. The van der Waals surface area contributed by atoms with Gasteiger partial charge in [-0.05, 0) is 55.5 Å². The fraction of sp³-hybridized carbons (Fsp3) is 0.389. The van der Waals surface area contributed by atoms with E-state index >= 15 is 0 Å². The molecule has 3 rings (SSSR count). The predicted molar refractivity (Wildman–Crippen MR) is 89.1 cm³/mol. The van der Waals surface area contributed by atoms with Gasteiger partial charge in [0.25, 0.3) is 0 Å². The second-order valence-electron chi connectivity index (χ2n) is 5.80. The minimum absolute atomic E-state index is 1.10. The van der Waals surface area contributed by atoms with E-state index < -0.39 is 6.89 Å². The normalized spacial score (nSPS) is 27.2. The third-order valence-corrected chi connectivity index (χ3v) is 9.11. The fourth-order valence-electron chi connectivity index (χ4n) is 3.31. The van der Waals surface area contributed by atoms with E-state index in [0.29, 0.717) is 0 Å². The Morgan fingerprint density at radius 1 is 1.05 bits per heavy atom. The molecular weight excluding hydrogens is 247 g/mol. The summed E-state index contributed by atoms with van der Waals surface area (Å²) in [4.78, 5) is 0. The van der Waals surface area contributed by atoms with Crippen LogP contribution in [0.2, 0.25) is 0 Å². The smallest absolute Gasteiger partial charge is 0.0103 e. The minimum atomic E-state index is -1.10. The second kappa shape index (κ2) is 5.55. The molecule has 0 bridgehead atoms. The van der Waals surface area contributed by atoms with Crippen molar-refractivity contribution in [2.24, 2.45) is 0 Å². The molecule has 2 aliphatic rings. The Hall–Kier alpha value is -1.00. The van der Waals surface area contributed by atoms with Crippen LogP contribution < -0.4 is 5.30 Å². The maximum Gasteiger partial charge on any atom is -0.0103 e. The molecule has 1 heterocycles. The van der Waals surface area contributed by atoms with Crippen molar-refractivity contribution in [3.63, 3.8) is 0 Å². The lowest BCUT2D eigenvalue weighted by atomic mass is 10.1. The van der Waals surface area contributed by atoms with Crippen molar-refractivity contribution in [2.45, 2.75) is 32.6 Å². The van der Waals surface area contributed by atoms with Crippen LogP contribution in [0.3, 0.4) is 0 Å². The van der Waals surface area contributed by atoms with E-state index in [9.17, 15) is 0 Å². The molecule has 0 amide bonds. The van der Waals surface area contributed by atoms with E-state index in [4.69, 9.17) is 0 Å². The molecule has 0 N–H and O–H groups in total. The first kappa shape index (κ1) is 13.0. The zero-order valence-corrected chi connectivity index (χ0v) is 12.7. The summed E-state index contributed by atoms with van der Waals surface area (Å²) in [6.45, 7) is 1.19. The van der Waals surface area contributed by atoms with E-state index in [1.807, 2.05) is 0 Å². The van der Waals surface area contributed by atoms with Crippen molar-refractivity contribution in [2.75, 3.05) is 12.3 Å². The van der Waals surface area contributed by atoms with Crippen LogP contribution in [0.25, 0.3) is 0 Å². The van der Waals surface area contributed by atoms with Gasteiger partial charge in [-0.2, -0.15) is 0 Å². The van der Waals surface area contributed by atoms with Gasteiger partial charge in [0.05, 0.1) is 0 Å². The number of rotatable bonds is 1. The van der Waals surface area contributed by atoms with Crippen molar-refractivity contribution in [1.29, 1.82) is 0 Å². The highest BCUT2D eigenvalue weighted by Crippen LogP contribution is 2.53. The molecule has 1 aliphatic carbocycles. The molecule has 0 aromatic heterocycles. The van der Waals surface area contributed by atoms with Gasteiger partial charge >= 0.3 is 0 Å². The molecule has 0 saturated heterocycles. The summed E-state index contributed by atoms with van der Waals surface area (Å²) in [6, 6.07) is 11.3. The van der Waals surface area contributed by atoms with E-state index in [-0.39, 0.29) is 0 Å². The van der Waals surface area contributed by atoms with Crippen LogP contribution in [0.1, 0.15) is 32.6 Å². The van der Waals surface area contributed by atoms with Gasteiger partial charge in [0.15, 0.2) is 0 Å². The van der Waals surface area contributed by atoms with Crippen molar-refractivity contribution in [1.82, 2.24) is 0 Å². The number of hydrogen-bond donors (Lipinski definition) is 0. The molecule has 100 valence electrons. The lowest BCUT2D eigenvalue weighted by molar-refractivity contribution is 0.886. The highest BCUT2D eigenvalue weighted by Gasteiger charge is 2.26. The van der Waals surface area contributed by atoms with Gasteiger partial charge in [0, 0.05) is 0 Å². The van der Waals surface area contributed by atoms with Crippen molar-refractivity contribution < 1.29 is 0 Å². The summed E-state index contributed by atoms with van der Waals surface area (Å²) in [6.07, 6.45) is 15.3. The second-order valence-corrected chi connectivity index (χ2v) is 9.63. The van der Waals surface area contributed by atoms with Crippen LogP contribution in [-0.2, 0) is 0 Å². The molecule has 0 radical (unpaired) electrons. The number of benzene rings is 1. The lowest BCUT2D eigenvalue weighted by Gasteiger charge is -2.34. The van der Waals surface area contributed by atoms with Crippen LogP contribution in [-0.4, -0.2) is 17.6 Å². The van der Waals surface area contributed by atoms with E-state index in [2.05, 4.69) is 55.5 Å². The fourth-order valence-corrected chi connectivity index (χ4v) is 7.89. The first-order valence-electron chi connectivity index (χ1n) is 7.42. The number of hydrogen-bond acceptors (Lipinski definition) is 0. The summed E-state index contributed by atoms with van der Waals surface area (Å²) >= 11 is 0. The molecule has 1 unspecified atom stereocenters. The topological polar surface area (TPSA) is 0 Å². The average molecular weight is 270 g/mol. The summed E-state index contributed by atoms with van der Waals surface area (Å²) in [5, 5.41) is 3.40. The summed E-state index contributed by atoms with van der Waals surface area (Å²) < 4.78 is 0. The zero-order valence-electron chi connectivity index (χ0n) is 11.8. The molecule has 1 heteroatoms. The van der Waals surface area contributed by atoms with Crippen molar-refractivity contribution in [3.05, 3.63) is 54.1 Å². The van der Waals surface area contributed by atoms with Gasteiger partial charge in [0.2, 0.25) is 0 Å².